The van der Waals surface area contributed by atoms with Gasteiger partial charge in [-0.05, 0) is 44.2 Å². The summed E-state index contributed by atoms with van der Waals surface area (Å²) in [6, 6.07) is 15.9. The lowest BCUT2D eigenvalue weighted by atomic mass is 10.1. The molecule has 1 aromatic heterocycles. The number of Topliss-reactive ketones (excluding diaryl/α,β-unsaturated/α-hetero) is 1. The summed E-state index contributed by atoms with van der Waals surface area (Å²) >= 11 is 0. The van der Waals surface area contributed by atoms with Crippen LogP contribution in [0.25, 0.3) is 0 Å². The predicted octanol–water partition coefficient (Wildman–Crippen LogP) is 4.11. The molecular weight excluding hydrogens is 454 g/mol. The van der Waals surface area contributed by atoms with Crippen molar-refractivity contribution in [3.8, 4) is 11.5 Å². The van der Waals surface area contributed by atoms with E-state index in [0.717, 1.165) is 17.1 Å². The first-order chi connectivity index (χ1) is 16.4. The number of fused-ring (bicyclic) bond motifs is 1. The van der Waals surface area contributed by atoms with Crippen LogP contribution in [0.5, 0.6) is 11.5 Å². The van der Waals surface area contributed by atoms with Crippen molar-refractivity contribution >= 4 is 22.6 Å². The fourth-order valence-electron chi connectivity index (χ4n) is 4.00. The van der Waals surface area contributed by atoms with Gasteiger partial charge >= 0.3 is 5.97 Å². The van der Waals surface area contributed by atoms with E-state index in [1.165, 1.54) is 0 Å². The van der Waals surface area contributed by atoms with Crippen LogP contribution in [0.1, 0.15) is 39.0 Å². The minimum absolute atomic E-state index is 0.198. The van der Waals surface area contributed by atoms with E-state index in [9.17, 15) is 13.8 Å². The molecule has 2 heterocycles. The average Bonchev–Trinajstić information content (AvgIpc) is 3.14. The number of rotatable bonds is 8. The first-order valence-electron chi connectivity index (χ1n) is 11.1. The topological polar surface area (TPSA) is 83.8 Å². The molecule has 2 aromatic carbocycles. The van der Waals surface area contributed by atoms with E-state index in [1.54, 1.807) is 37.3 Å². The highest BCUT2D eigenvalue weighted by Gasteiger charge is 2.25. The van der Waals surface area contributed by atoms with Gasteiger partial charge in [0.2, 0.25) is 5.78 Å². The molecule has 3 aromatic rings. The largest absolute Gasteiger partial charge is 0.486 e. The smallest absolute Gasteiger partial charge is 0.339 e. The molecule has 1 aliphatic rings. The van der Waals surface area contributed by atoms with Crippen molar-refractivity contribution in [2.45, 2.75) is 38.3 Å². The quantitative estimate of drug-likeness (QED) is 0.356. The Kier molecular flexibility index (Phi) is 7.17. The fourth-order valence-corrected chi connectivity index (χ4v) is 4.93. The molecule has 0 saturated carbocycles. The van der Waals surface area contributed by atoms with Crippen molar-refractivity contribution in [1.82, 2.24) is 4.57 Å². The van der Waals surface area contributed by atoms with Crippen molar-refractivity contribution in [3.63, 3.8) is 0 Å². The maximum Gasteiger partial charge on any atom is 0.339 e. The van der Waals surface area contributed by atoms with Gasteiger partial charge in [0.05, 0.1) is 27.8 Å². The summed E-state index contributed by atoms with van der Waals surface area (Å²) in [6.45, 7) is 6.10. The minimum Gasteiger partial charge on any atom is -0.486 e. The molecule has 178 valence electrons. The molecule has 4 rings (SSSR count). The van der Waals surface area contributed by atoms with Gasteiger partial charge in [-0.25, -0.2) is 4.79 Å². The average molecular weight is 482 g/mol. The van der Waals surface area contributed by atoms with Gasteiger partial charge < -0.3 is 18.8 Å². The van der Waals surface area contributed by atoms with Crippen molar-refractivity contribution in [1.29, 1.82) is 0 Å². The van der Waals surface area contributed by atoms with Gasteiger partial charge in [0, 0.05) is 22.7 Å². The highest BCUT2D eigenvalue weighted by molar-refractivity contribution is 7.85. The molecule has 0 spiro atoms. The molecule has 2 atom stereocenters. The van der Waals surface area contributed by atoms with Gasteiger partial charge in [-0.1, -0.05) is 31.2 Å². The van der Waals surface area contributed by atoms with Gasteiger partial charge in [0.1, 0.15) is 6.61 Å². The Labute approximate surface area is 201 Å². The molecular formula is C26H27NO6S. The predicted molar refractivity (Wildman–Crippen MR) is 128 cm³/mol. The number of hydrogen-bond acceptors (Lipinski definition) is 6. The summed E-state index contributed by atoms with van der Waals surface area (Å²) in [4.78, 5) is 25.9. The SMILES string of the molecule is CC[S@](=O)c1ccccc1C(=O)OCC(=O)c1cc(C)n(C[C@@H]2COc3ccccc3O2)c1C. The van der Waals surface area contributed by atoms with Crippen LogP contribution < -0.4 is 9.47 Å². The lowest BCUT2D eigenvalue weighted by Crippen LogP contribution is -2.33. The summed E-state index contributed by atoms with van der Waals surface area (Å²) in [5.74, 6) is 0.852. The lowest BCUT2D eigenvalue weighted by Gasteiger charge is -2.27. The van der Waals surface area contributed by atoms with Crippen LogP contribution in [0.4, 0.5) is 0 Å². The van der Waals surface area contributed by atoms with Crippen molar-refractivity contribution in [3.05, 3.63) is 77.1 Å². The Morgan fingerprint density at radius 1 is 1.06 bits per heavy atom. The zero-order valence-corrected chi connectivity index (χ0v) is 20.2. The van der Waals surface area contributed by atoms with Crippen molar-refractivity contribution in [2.24, 2.45) is 0 Å². The number of esters is 1. The molecule has 34 heavy (non-hydrogen) atoms. The van der Waals surface area contributed by atoms with Gasteiger partial charge in [0.15, 0.2) is 24.2 Å². The number of hydrogen-bond donors (Lipinski definition) is 0. The van der Waals surface area contributed by atoms with Crippen LogP contribution in [-0.4, -0.2) is 45.6 Å². The van der Waals surface area contributed by atoms with Crippen molar-refractivity contribution in [2.75, 3.05) is 19.0 Å². The molecule has 0 radical (unpaired) electrons. The Morgan fingerprint density at radius 3 is 2.53 bits per heavy atom. The second-order valence-electron chi connectivity index (χ2n) is 8.02. The molecule has 0 N–H and O–H groups in total. The Morgan fingerprint density at radius 2 is 1.76 bits per heavy atom. The van der Waals surface area contributed by atoms with Crippen LogP contribution >= 0.6 is 0 Å². The van der Waals surface area contributed by atoms with E-state index in [2.05, 4.69) is 0 Å². The fraction of sp³-hybridized carbons (Fsp3) is 0.308. The van der Waals surface area contributed by atoms with Crippen LogP contribution in [0.15, 0.2) is 59.5 Å². The number of ether oxygens (including phenoxy) is 3. The summed E-state index contributed by atoms with van der Waals surface area (Å²) in [6.07, 6.45) is -0.198. The van der Waals surface area contributed by atoms with E-state index >= 15 is 0 Å². The molecule has 0 aliphatic carbocycles. The normalized spacial score (nSPS) is 15.6. The summed E-state index contributed by atoms with van der Waals surface area (Å²) in [7, 11) is -1.31. The lowest BCUT2D eigenvalue weighted by molar-refractivity contribution is 0.0471. The highest BCUT2D eigenvalue weighted by Crippen LogP contribution is 2.31. The van der Waals surface area contributed by atoms with Gasteiger partial charge in [-0.15, -0.1) is 0 Å². The molecule has 8 heteroatoms. The zero-order valence-electron chi connectivity index (χ0n) is 19.4. The van der Waals surface area contributed by atoms with Crippen LogP contribution in [-0.2, 0) is 22.1 Å². The molecule has 1 aliphatic heterocycles. The number of ketones is 1. The number of carbonyl (C=O) groups excluding carboxylic acids is 2. The first kappa shape index (κ1) is 23.8. The second-order valence-corrected chi connectivity index (χ2v) is 9.73. The Hall–Kier alpha value is -3.39. The monoisotopic (exact) mass is 481 g/mol. The highest BCUT2D eigenvalue weighted by atomic mass is 32.2. The molecule has 0 fully saturated rings. The van der Waals surface area contributed by atoms with E-state index < -0.39 is 23.4 Å². The zero-order chi connectivity index (χ0) is 24.2. The summed E-state index contributed by atoms with van der Waals surface area (Å²) < 4.78 is 31.4. The van der Waals surface area contributed by atoms with E-state index in [-0.39, 0.29) is 17.5 Å². The second kappa shape index (κ2) is 10.3. The Balaban J connectivity index is 1.43. The molecule has 0 bridgehead atoms. The third-order valence-electron chi connectivity index (χ3n) is 5.78. The number of carbonyl (C=O) groups is 2. The summed E-state index contributed by atoms with van der Waals surface area (Å²) in [5, 5.41) is 0. The minimum atomic E-state index is -1.31. The first-order valence-corrected chi connectivity index (χ1v) is 12.4. The number of aryl methyl sites for hydroxylation is 1. The number of para-hydroxylation sites is 2. The van der Waals surface area contributed by atoms with Gasteiger partial charge in [0.25, 0.3) is 0 Å². The Bertz CT molecular complexity index is 1250. The third kappa shape index (κ3) is 4.92. The third-order valence-corrected chi connectivity index (χ3v) is 7.15. The van der Waals surface area contributed by atoms with Gasteiger partial charge in [-0.3, -0.25) is 9.00 Å². The molecule has 0 unspecified atom stereocenters. The maximum absolute atomic E-state index is 12.9. The summed E-state index contributed by atoms with van der Waals surface area (Å²) in [5.41, 5.74) is 2.38. The molecule has 0 amide bonds. The van der Waals surface area contributed by atoms with Crippen LogP contribution in [0, 0.1) is 13.8 Å². The van der Waals surface area contributed by atoms with E-state index in [4.69, 9.17) is 14.2 Å². The molecule has 0 saturated heterocycles. The standard InChI is InChI=1S/C26H27NO6S/c1-4-34(30)25-12-8-5-9-20(25)26(29)32-16-22(28)21-13-17(2)27(18(21)3)14-19-15-31-23-10-6-7-11-24(23)33-19/h5-13,19H,4,14-16H2,1-3H3/t19-,34+/m1/s1. The van der Waals surface area contributed by atoms with E-state index in [0.29, 0.717) is 35.1 Å². The van der Waals surface area contributed by atoms with Crippen LogP contribution in [0.2, 0.25) is 0 Å². The van der Waals surface area contributed by atoms with Crippen molar-refractivity contribution < 1.29 is 28.0 Å². The molecule has 7 nitrogen and oxygen atoms in total. The number of benzene rings is 2. The van der Waals surface area contributed by atoms with Gasteiger partial charge in [-0.2, -0.15) is 0 Å². The maximum atomic E-state index is 12.9. The van der Waals surface area contributed by atoms with Crippen LogP contribution in [0.3, 0.4) is 0 Å². The number of aromatic nitrogens is 1. The van der Waals surface area contributed by atoms with E-state index in [1.807, 2.05) is 42.7 Å². The number of nitrogens with zero attached hydrogens (tertiary/aromatic N) is 1.